The molecule has 0 radical (unpaired) electrons. The standard InChI is InChI=1S/C28H31Cl2N3O4S/c1-3-17-31-28(35)26(18-21-7-5-4-6-8-21)32(19-22-9-11-23(29)12-10-22)27(34)20-33(38(2,36)37)25-15-13-24(30)14-16-25/h4-16,26H,3,17-20H2,1-2H3,(H,31,35)/t26-/m0/s1. The molecule has 1 N–H and O–H groups in total. The summed E-state index contributed by atoms with van der Waals surface area (Å²) in [5.74, 6) is -0.830. The first kappa shape index (κ1) is 29.5. The summed E-state index contributed by atoms with van der Waals surface area (Å²) in [6.45, 7) is 2.00. The molecule has 0 saturated carbocycles. The maximum atomic E-state index is 13.9. The van der Waals surface area contributed by atoms with Gasteiger partial charge in [0.2, 0.25) is 21.8 Å². The lowest BCUT2D eigenvalue weighted by molar-refractivity contribution is -0.140. The Morgan fingerprint density at radius 3 is 2.00 bits per heavy atom. The zero-order valence-corrected chi connectivity index (χ0v) is 23.6. The van der Waals surface area contributed by atoms with Gasteiger partial charge in [0, 0.05) is 29.6 Å². The zero-order valence-electron chi connectivity index (χ0n) is 21.3. The number of rotatable bonds is 12. The van der Waals surface area contributed by atoms with Gasteiger partial charge in [0.15, 0.2) is 0 Å². The van der Waals surface area contributed by atoms with Gasteiger partial charge in [-0.3, -0.25) is 13.9 Å². The number of hydrogen-bond acceptors (Lipinski definition) is 4. The first-order valence-corrected chi connectivity index (χ1v) is 14.8. The molecule has 7 nitrogen and oxygen atoms in total. The smallest absolute Gasteiger partial charge is 0.244 e. The maximum absolute atomic E-state index is 13.9. The number of nitrogens with one attached hydrogen (secondary N) is 1. The monoisotopic (exact) mass is 575 g/mol. The number of halogens is 2. The van der Waals surface area contributed by atoms with Crippen LogP contribution in [0.4, 0.5) is 5.69 Å². The summed E-state index contributed by atoms with van der Waals surface area (Å²) in [5, 5.41) is 3.88. The first-order valence-electron chi connectivity index (χ1n) is 12.2. The fourth-order valence-corrected chi connectivity index (χ4v) is 5.03. The quantitative estimate of drug-likeness (QED) is 0.332. The summed E-state index contributed by atoms with van der Waals surface area (Å²) < 4.78 is 26.5. The van der Waals surface area contributed by atoms with Crippen molar-refractivity contribution in [2.24, 2.45) is 0 Å². The van der Waals surface area contributed by atoms with Crippen molar-refractivity contribution in [3.05, 3.63) is 100 Å². The Bertz CT molecular complexity index is 1320. The first-order chi connectivity index (χ1) is 18.1. The lowest BCUT2D eigenvalue weighted by Gasteiger charge is -2.33. The van der Waals surface area contributed by atoms with Crippen molar-refractivity contribution in [3.8, 4) is 0 Å². The van der Waals surface area contributed by atoms with Gasteiger partial charge >= 0.3 is 0 Å². The Kier molecular flexibility index (Phi) is 10.6. The Morgan fingerprint density at radius 2 is 1.45 bits per heavy atom. The second-order valence-electron chi connectivity index (χ2n) is 8.89. The van der Waals surface area contributed by atoms with Crippen LogP contribution in [0.5, 0.6) is 0 Å². The normalized spacial score (nSPS) is 12.0. The lowest BCUT2D eigenvalue weighted by atomic mass is 10.0. The van der Waals surface area contributed by atoms with Crippen molar-refractivity contribution in [2.75, 3.05) is 23.7 Å². The molecule has 0 aromatic heterocycles. The second-order valence-corrected chi connectivity index (χ2v) is 11.7. The highest BCUT2D eigenvalue weighted by Crippen LogP contribution is 2.22. The Labute approximate surface area is 234 Å². The summed E-state index contributed by atoms with van der Waals surface area (Å²) in [7, 11) is -3.83. The van der Waals surface area contributed by atoms with Crippen molar-refractivity contribution in [3.63, 3.8) is 0 Å². The zero-order chi connectivity index (χ0) is 27.7. The van der Waals surface area contributed by atoms with Crippen LogP contribution in [0.25, 0.3) is 0 Å². The van der Waals surface area contributed by atoms with E-state index in [4.69, 9.17) is 23.2 Å². The predicted octanol–water partition coefficient (Wildman–Crippen LogP) is 4.93. The maximum Gasteiger partial charge on any atom is 0.244 e. The molecule has 0 saturated heterocycles. The minimum atomic E-state index is -3.83. The van der Waals surface area contributed by atoms with Gasteiger partial charge in [0.25, 0.3) is 0 Å². The molecule has 0 aliphatic carbocycles. The Hall–Kier alpha value is -3.07. The van der Waals surface area contributed by atoms with Gasteiger partial charge in [-0.15, -0.1) is 0 Å². The van der Waals surface area contributed by atoms with Crippen molar-refractivity contribution in [2.45, 2.75) is 32.4 Å². The minimum absolute atomic E-state index is 0.0886. The second kappa shape index (κ2) is 13.6. The molecule has 3 rings (SSSR count). The van der Waals surface area contributed by atoms with E-state index in [1.807, 2.05) is 37.3 Å². The van der Waals surface area contributed by atoms with Gasteiger partial charge in [0.1, 0.15) is 12.6 Å². The predicted molar refractivity (Wildman–Crippen MR) is 153 cm³/mol. The van der Waals surface area contributed by atoms with Crippen LogP contribution in [-0.2, 0) is 32.6 Å². The lowest BCUT2D eigenvalue weighted by Crippen LogP contribution is -2.53. The number of nitrogens with zero attached hydrogens (tertiary/aromatic N) is 2. The fourth-order valence-electron chi connectivity index (χ4n) is 3.93. The molecule has 3 aromatic rings. The number of anilines is 1. The van der Waals surface area contributed by atoms with E-state index in [2.05, 4.69) is 5.32 Å². The highest BCUT2D eigenvalue weighted by atomic mass is 35.5. The molecule has 0 bridgehead atoms. The van der Waals surface area contributed by atoms with E-state index in [-0.39, 0.29) is 18.9 Å². The molecule has 2 amide bonds. The highest BCUT2D eigenvalue weighted by Gasteiger charge is 2.32. The number of benzene rings is 3. The summed E-state index contributed by atoms with van der Waals surface area (Å²) in [5.41, 5.74) is 1.92. The highest BCUT2D eigenvalue weighted by molar-refractivity contribution is 7.92. The summed E-state index contributed by atoms with van der Waals surface area (Å²) in [4.78, 5) is 28.8. The third-order valence-corrected chi connectivity index (χ3v) is 7.52. The third kappa shape index (κ3) is 8.48. The Balaban J connectivity index is 2.02. The van der Waals surface area contributed by atoms with Crippen LogP contribution >= 0.6 is 23.2 Å². The molecule has 202 valence electrons. The largest absolute Gasteiger partial charge is 0.354 e. The van der Waals surface area contributed by atoms with E-state index in [0.29, 0.717) is 22.3 Å². The van der Waals surface area contributed by atoms with Crippen molar-refractivity contribution in [1.82, 2.24) is 10.2 Å². The van der Waals surface area contributed by atoms with E-state index in [1.165, 1.54) is 17.0 Å². The van der Waals surface area contributed by atoms with Crippen molar-refractivity contribution >= 4 is 50.7 Å². The average molecular weight is 577 g/mol. The van der Waals surface area contributed by atoms with Crippen LogP contribution in [0.2, 0.25) is 10.0 Å². The Morgan fingerprint density at radius 1 is 0.868 bits per heavy atom. The number of carbonyl (C=O) groups is 2. The fraction of sp³-hybridized carbons (Fsp3) is 0.286. The summed E-state index contributed by atoms with van der Waals surface area (Å²) >= 11 is 12.0. The van der Waals surface area contributed by atoms with E-state index >= 15 is 0 Å². The minimum Gasteiger partial charge on any atom is -0.354 e. The van der Waals surface area contributed by atoms with Gasteiger partial charge in [-0.1, -0.05) is 72.6 Å². The van der Waals surface area contributed by atoms with Gasteiger partial charge in [-0.25, -0.2) is 8.42 Å². The van der Waals surface area contributed by atoms with E-state index in [9.17, 15) is 18.0 Å². The molecule has 0 unspecified atom stereocenters. The molecule has 0 aliphatic heterocycles. The van der Waals surface area contributed by atoms with Gasteiger partial charge in [0.05, 0.1) is 11.9 Å². The summed E-state index contributed by atoms with van der Waals surface area (Å²) in [6, 6.07) is 21.7. The molecule has 0 spiro atoms. The van der Waals surface area contributed by atoms with Crippen LogP contribution in [0.3, 0.4) is 0 Å². The number of amides is 2. The van der Waals surface area contributed by atoms with Crippen LogP contribution < -0.4 is 9.62 Å². The van der Waals surface area contributed by atoms with E-state index in [1.54, 1.807) is 36.4 Å². The van der Waals surface area contributed by atoms with Crippen LogP contribution in [0, 0.1) is 0 Å². The SMILES string of the molecule is CCCNC(=O)[C@H](Cc1ccccc1)N(Cc1ccc(Cl)cc1)C(=O)CN(c1ccc(Cl)cc1)S(C)(=O)=O. The van der Waals surface area contributed by atoms with Gasteiger partial charge in [-0.05, 0) is 53.9 Å². The van der Waals surface area contributed by atoms with Crippen molar-refractivity contribution < 1.29 is 18.0 Å². The molecule has 3 aromatic carbocycles. The number of hydrogen-bond donors (Lipinski definition) is 1. The molecule has 0 heterocycles. The van der Waals surface area contributed by atoms with Crippen molar-refractivity contribution in [1.29, 1.82) is 0 Å². The van der Waals surface area contributed by atoms with Crippen LogP contribution in [0.15, 0.2) is 78.9 Å². The van der Waals surface area contributed by atoms with E-state index < -0.39 is 28.5 Å². The third-order valence-electron chi connectivity index (χ3n) is 5.88. The molecule has 38 heavy (non-hydrogen) atoms. The molecule has 1 atom stereocenters. The number of sulfonamides is 1. The topological polar surface area (TPSA) is 86.8 Å². The molecule has 0 fully saturated rings. The van der Waals surface area contributed by atoms with E-state index in [0.717, 1.165) is 28.1 Å². The molecule has 0 aliphatic rings. The van der Waals surface area contributed by atoms with Gasteiger partial charge < -0.3 is 10.2 Å². The average Bonchev–Trinajstić information content (AvgIpc) is 2.89. The van der Waals surface area contributed by atoms with Crippen LogP contribution in [0.1, 0.15) is 24.5 Å². The number of carbonyl (C=O) groups excluding carboxylic acids is 2. The van der Waals surface area contributed by atoms with Gasteiger partial charge in [-0.2, -0.15) is 0 Å². The summed E-state index contributed by atoms with van der Waals surface area (Å²) in [6.07, 6.45) is 2.02. The molecular formula is C28H31Cl2N3O4S. The van der Waals surface area contributed by atoms with Crippen LogP contribution in [-0.4, -0.2) is 50.5 Å². The molecule has 10 heteroatoms. The molecular weight excluding hydrogens is 545 g/mol.